The molecule has 0 aromatic carbocycles. The molecular formula is C15H22N2O2. The molecule has 0 spiro atoms. The fourth-order valence-electron chi connectivity index (χ4n) is 2.81. The van der Waals surface area contributed by atoms with Crippen LogP contribution in [0, 0.1) is 19.8 Å². The second-order valence-corrected chi connectivity index (χ2v) is 5.28. The van der Waals surface area contributed by atoms with E-state index in [4.69, 9.17) is 4.74 Å². The van der Waals surface area contributed by atoms with E-state index in [0.717, 1.165) is 42.8 Å². The smallest absolute Gasteiger partial charge is 0.308 e. The Morgan fingerprint density at radius 3 is 2.63 bits per heavy atom. The maximum Gasteiger partial charge on any atom is 0.308 e. The quantitative estimate of drug-likeness (QED) is 0.786. The Labute approximate surface area is 114 Å². The zero-order valence-electron chi connectivity index (χ0n) is 12.0. The first-order chi connectivity index (χ1) is 9.11. The molecule has 1 aromatic heterocycles. The van der Waals surface area contributed by atoms with Crippen molar-refractivity contribution in [3.63, 3.8) is 0 Å². The highest BCUT2D eigenvalue weighted by molar-refractivity contribution is 5.72. The minimum Gasteiger partial charge on any atom is -0.466 e. The number of hydrogen-bond donors (Lipinski definition) is 0. The highest BCUT2D eigenvalue weighted by Gasteiger charge is 2.29. The average molecular weight is 262 g/mol. The molecule has 4 nitrogen and oxygen atoms in total. The molecule has 0 aliphatic heterocycles. The number of aromatic nitrogens is 2. The van der Waals surface area contributed by atoms with Crippen LogP contribution in [-0.4, -0.2) is 22.5 Å². The van der Waals surface area contributed by atoms with Crippen molar-refractivity contribution in [1.29, 1.82) is 0 Å². The molecule has 0 saturated heterocycles. The van der Waals surface area contributed by atoms with Crippen LogP contribution in [0.5, 0.6) is 0 Å². The van der Waals surface area contributed by atoms with Gasteiger partial charge < -0.3 is 4.74 Å². The predicted octanol–water partition coefficient (Wildman–Crippen LogP) is 2.93. The fraction of sp³-hybridized carbons (Fsp3) is 0.667. The van der Waals surface area contributed by atoms with Crippen LogP contribution >= 0.6 is 0 Å². The van der Waals surface area contributed by atoms with E-state index in [-0.39, 0.29) is 11.9 Å². The molecule has 0 atom stereocenters. The van der Waals surface area contributed by atoms with E-state index < -0.39 is 0 Å². The summed E-state index contributed by atoms with van der Waals surface area (Å²) in [4.78, 5) is 20.7. The maximum atomic E-state index is 11.7. The molecule has 0 bridgehead atoms. The Bertz CT molecular complexity index is 451. The minimum atomic E-state index is -0.0343. The lowest BCUT2D eigenvalue weighted by Gasteiger charge is -2.27. The van der Waals surface area contributed by atoms with Gasteiger partial charge in [0, 0.05) is 12.1 Å². The molecule has 1 aliphatic rings. The topological polar surface area (TPSA) is 52.1 Å². The first-order valence-corrected chi connectivity index (χ1v) is 7.08. The average Bonchev–Trinajstić information content (AvgIpc) is 2.42. The molecule has 0 unspecified atom stereocenters. The molecule has 2 rings (SSSR count). The van der Waals surface area contributed by atoms with Gasteiger partial charge in [-0.1, -0.05) is 0 Å². The number of rotatable bonds is 3. The van der Waals surface area contributed by atoms with Crippen molar-refractivity contribution >= 4 is 5.97 Å². The minimum absolute atomic E-state index is 0.0343. The van der Waals surface area contributed by atoms with Gasteiger partial charge in [-0.15, -0.1) is 0 Å². The Morgan fingerprint density at radius 2 is 2.00 bits per heavy atom. The number of hydrogen-bond acceptors (Lipinski definition) is 4. The zero-order valence-corrected chi connectivity index (χ0v) is 12.0. The fourth-order valence-corrected chi connectivity index (χ4v) is 2.81. The summed E-state index contributed by atoms with van der Waals surface area (Å²) in [7, 11) is 0. The molecule has 0 N–H and O–H groups in total. The molecule has 0 amide bonds. The van der Waals surface area contributed by atoms with Crippen molar-refractivity contribution in [2.24, 2.45) is 5.92 Å². The highest BCUT2D eigenvalue weighted by atomic mass is 16.5. The van der Waals surface area contributed by atoms with Gasteiger partial charge in [0.1, 0.15) is 0 Å². The maximum absolute atomic E-state index is 11.7. The van der Waals surface area contributed by atoms with Crippen LogP contribution < -0.4 is 0 Å². The molecule has 0 radical (unpaired) electrons. The predicted molar refractivity (Wildman–Crippen MR) is 72.8 cm³/mol. The lowest BCUT2D eigenvalue weighted by atomic mass is 9.80. The second-order valence-electron chi connectivity index (χ2n) is 5.28. The molecule has 1 aromatic rings. The van der Waals surface area contributed by atoms with Crippen molar-refractivity contribution < 1.29 is 9.53 Å². The van der Waals surface area contributed by atoms with E-state index >= 15 is 0 Å². The van der Waals surface area contributed by atoms with Gasteiger partial charge in [0.15, 0.2) is 0 Å². The molecule has 1 aliphatic carbocycles. The lowest BCUT2D eigenvalue weighted by Crippen LogP contribution is -2.24. The zero-order chi connectivity index (χ0) is 13.8. The van der Waals surface area contributed by atoms with Crippen LogP contribution in [0.2, 0.25) is 0 Å². The van der Waals surface area contributed by atoms with E-state index in [1.165, 1.54) is 0 Å². The summed E-state index contributed by atoms with van der Waals surface area (Å²) >= 11 is 0. The van der Waals surface area contributed by atoms with Gasteiger partial charge in [0.05, 0.1) is 29.6 Å². The molecular weight excluding hydrogens is 240 g/mol. The Morgan fingerprint density at radius 1 is 1.32 bits per heavy atom. The van der Waals surface area contributed by atoms with Gasteiger partial charge in [-0.3, -0.25) is 14.8 Å². The van der Waals surface area contributed by atoms with Crippen molar-refractivity contribution in [1.82, 2.24) is 9.97 Å². The summed E-state index contributed by atoms with van der Waals surface area (Å²) in [6, 6.07) is 0. The van der Waals surface area contributed by atoms with Crippen molar-refractivity contribution in [3.05, 3.63) is 23.3 Å². The van der Waals surface area contributed by atoms with Gasteiger partial charge in [-0.05, 0) is 46.5 Å². The summed E-state index contributed by atoms with van der Waals surface area (Å²) in [5.74, 6) is 0.486. The largest absolute Gasteiger partial charge is 0.466 e. The van der Waals surface area contributed by atoms with Crippen molar-refractivity contribution in [2.75, 3.05) is 6.61 Å². The lowest BCUT2D eigenvalue weighted by molar-refractivity contribution is -0.149. The molecule has 104 valence electrons. The van der Waals surface area contributed by atoms with Gasteiger partial charge in [0.25, 0.3) is 0 Å². The Balaban J connectivity index is 2.00. The van der Waals surface area contributed by atoms with E-state index in [9.17, 15) is 4.79 Å². The summed E-state index contributed by atoms with van der Waals surface area (Å²) in [5, 5.41) is 0. The third-order valence-corrected chi connectivity index (χ3v) is 3.85. The van der Waals surface area contributed by atoms with Crippen LogP contribution in [0.15, 0.2) is 6.20 Å². The van der Waals surface area contributed by atoms with Crippen LogP contribution in [0.3, 0.4) is 0 Å². The van der Waals surface area contributed by atoms with Crippen molar-refractivity contribution in [2.45, 2.75) is 52.4 Å². The molecule has 1 fully saturated rings. The van der Waals surface area contributed by atoms with Gasteiger partial charge in [-0.25, -0.2) is 0 Å². The molecule has 1 saturated carbocycles. The van der Waals surface area contributed by atoms with Crippen LogP contribution in [0.25, 0.3) is 0 Å². The number of ether oxygens (including phenoxy) is 1. The third kappa shape index (κ3) is 3.31. The number of carbonyl (C=O) groups excluding carboxylic acids is 1. The normalized spacial score (nSPS) is 23.1. The Kier molecular flexibility index (Phi) is 4.51. The summed E-state index contributed by atoms with van der Waals surface area (Å²) in [6.07, 6.45) is 5.62. The van der Waals surface area contributed by atoms with Crippen LogP contribution in [0.1, 0.15) is 55.6 Å². The van der Waals surface area contributed by atoms with E-state index in [1.807, 2.05) is 27.0 Å². The van der Waals surface area contributed by atoms with Crippen LogP contribution in [-0.2, 0) is 9.53 Å². The Hall–Kier alpha value is -1.45. The van der Waals surface area contributed by atoms with Gasteiger partial charge >= 0.3 is 5.97 Å². The van der Waals surface area contributed by atoms with Gasteiger partial charge in [-0.2, -0.15) is 0 Å². The third-order valence-electron chi connectivity index (χ3n) is 3.85. The first-order valence-electron chi connectivity index (χ1n) is 7.08. The second kappa shape index (κ2) is 6.13. The van der Waals surface area contributed by atoms with Crippen molar-refractivity contribution in [3.8, 4) is 0 Å². The van der Waals surface area contributed by atoms with E-state index in [2.05, 4.69) is 9.97 Å². The number of esters is 1. The molecule has 1 heterocycles. The van der Waals surface area contributed by atoms with E-state index in [1.54, 1.807) is 0 Å². The van der Waals surface area contributed by atoms with E-state index in [0.29, 0.717) is 12.5 Å². The summed E-state index contributed by atoms with van der Waals surface area (Å²) in [5.41, 5.74) is 3.10. The molecule has 19 heavy (non-hydrogen) atoms. The first kappa shape index (κ1) is 14.0. The monoisotopic (exact) mass is 262 g/mol. The number of carbonyl (C=O) groups is 1. The number of nitrogens with zero attached hydrogens (tertiary/aromatic N) is 2. The van der Waals surface area contributed by atoms with Crippen LogP contribution in [0.4, 0.5) is 0 Å². The SMILES string of the molecule is CCOC(=O)C1CCC(c2nc(C)cnc2C)CC1. The summed E-state index contributed by atoms with van der Waals surface area (Å²) in [6.45, 7) is 6.32. The highest BCUT2D eigenvalue weighted by Crippen LogP contribution is 2.36. The van der Waals surface area contributed by atoms with Gasteiger partial charge in [0.2, 0.25) is 0 Å². The summed E-state index contributed by atoms with van der Waals surface area (Å²) < 4.78 is 5.10. The standard InChI is InChI=1S/C15H22N2O2/c1-4-19-15(18)13-7-5-12(6-8-13)14-11(3)16-9-10(2)17-14/h9,12-13H,4-8H2,1-3H3. The number of aryl methyl sites for hydroxylation is 2. The molecule has 4 heteroatoms.